The van der Waals surface area contributed by atoms with Gasteiger partial charge in [-0.15, -0.1) is 0 Å². The van der Waals surface area contributed by atoms with Gasteiger partial charge in [-0.25, -0.2) is 4.79 Å². The van der Waals surface area contributed by atoms with Gasteiger partial charge in [-0.05, 0) is 24.6 Å². The molecule has 0 bridgehead atoms. The molecule has 0 heterocycles. The molecule has 1 unspecified atom stereocenters. The van der Waals surface area contributed by atoms with Crippen LogP contribution in [0.25, 0.3) is 0 Å². The van der Waals surface area contributed by atoms with Crippen molar-refractivity contribution in [3.63, 3.8) is 0 Å². The number of urea groups is 1. The predicted octanol–water partition coefficient (Wildman–Crippen LogP) is 2.00. The van der Waals surface area contributed by atoms with Crippen LogP contribution in [-0.4, -0.2) is 23.1 Å². The lowest BCUT2D eigenvalue weighted by atomic mass is 10.2. The molecule has 0 fully saturated rings. The lowest BCUT2D eigenvalue weighted by Gasteiger charge is -2.12. The second-order valence-electron chi connectivity index (χ2n) is 3.96. The Kier molecular flexibility index (Phi) is 5.45. The molecule has 1 aromatic carbocycles. The van der Waals surface area contributed by atoms with Crippen LogP contribution in [0.2, 0.25) is 5.02 Å². The number of aliphatic carboxylic acids is 1. The van der Waals surface area contributed by atoms with Crippen LogP contribution in [0.15, 0.2) is 24.3 Å². The van der Waals surface area contributed by atoms with E-state index in [1.807, 2.05) is 6.07 Å². The highest BCUT2D eigenvalue weighted by Gasteiger charge is 2.10. The van der Waals surface area contributed by atoms with Crippen molar-refractivity contribution >= 4 is 23.6 Å². The van der Waals surface area contributed by atoms with Gasteiger partial charge in [0, 0.05) is 17.6 Å². The van der Waals surface area contributed by atoms with E-state index in [9.17, 15) is 9.59 Å². The molecule has 0 saturated heterocycles. The first kappa shape index (κ1) is 14.3. The third-order valence-corrected chi connectivity index (χ3v) is 2.44. The van der Waals surface area contributed by atoms with Crippen LogP contribution in [0.4, 0.5) is 4.79 Å². The van der Waals surface area contributed by atoms with Gasteiger partial charge in [0.2, 0.25) is 0 Å². The zero-order valence-corrected chi connectivity index (χ0v) is 10.7. The highest BCUT2D eigenvalue weighted by Crippen LogP contribution is 2.10. The number of hydrogen-bond donors (Lipinski definition) is 3. The number of carbonyl (C=O) groups excluding carboxylic acids is 1. The normalized spacial score (nSPS) is 11.7. The molecule has 2 amide bonds. The fraction of sp³-hybridized carbons (Fsp3) is 0.333. The van der Waals surface area contributed by atoms with Crippen LogP contribution < -0.4 is 10.6 Å². The summed E-state index contributed by atoms with van der Waals surface area (Å²) in [6.07, 6.45) is -0.107. The molecular weight excluding hydrogens is 256 g/mol. The van der Waals surface area contributed by atoms with Crippen molar-refractivity contribution < 1.29 is 14.7 Å². The van der Waals surface area contributed by atoms with Crippen molar-refractivity contribution in [3.05, 3.63) is 34.9 Å². The number of carboxylic acids is 1. The summed E-state index contributed by atoms with van der Waals surface area (Å²) < 4.78 is 0. The Bertz CT molecular complexity index is 437. The first-order chi connectivity index (χ1) is 8.47. The lowest BCUT2D eigenvalue weighted by molar-refractivity contribution is -0.137. The van der Waals surface area contributed by atoms with Crippen LogP contribution in [-0.2, 0) is 11.3 Å². The minimum Gasteiger partial charge on any atom is -0.481 e. The van der Waals surface area contributed by atoms with Crippen LogP contribution in [0.1, 0.15) is 18.9 Å². The SMILES string of the molecule is CC(CC(=O)O)NC(=O)NCc1cccc(Cl)c1. The standard InChI is InChI=1S/C12H15ClN2O3/c1-8(5-11(16)17)15-12(18)14-7-9-3-2-4-10(13)6-9/h2-4,6,8H,5,7H2,1H3,(H,16,17)(H2,14,15,18). The highest BCUT2D eigenvalue weighted by atomic mass is 35.5. The maximum atomic E-state index is 11.4. The second kappa shape index (κ2) is 6.86. The molecule has 1 rings (SSSR count). The van der Waals surface area contributed by atoms with E-state index in [0.717, 1.165) is 5.56 Å². The van der Waals surface area contributed by atoms with E-state index in [1.165, 1.54) is 0 Å². The molecule has 0 spiro atoms. The molecule has 1 aromatic rings. The van der Waals surface area contributed by atoms with Gasteiger partial charge in [0.25, 0.3) is 0 Å². The average molecular weight is 271 g/mol. The number of benzene rings is 1. The van der Waals surface area contributed by atoms with Crippen LogP contribution >= 0.6 is 11.6 Å². The van der Waals surface area contributed by atoms with Crippen molar-refractivity contribution in [3.8, 4) is 0 Å². The Morgan fingerprint density at radius 2 is 2.17 bits per heavy atom. The van der Waals surface area contributed by atoms with E-state index in [0.29, 0.717) is 11.6 Å². The summed E-state index contributed by atoms with van der Waals surface area (Å²) in [5.74, 6) is -0.947. The molecule has 1 atom stereocenters. The molecule has 18 heavy (non-hydrogen) atoms. The second-order valence-corrected chi connectivity index (χ2v) is 4.39. The van der Waals surface area contributed by atoms with Gasteiger partial charge in [-0.3, -0.25) is 4.79 Å². The van der Waals surface area contributed by atoms with E-state index in [-0.39, 0.29) is 6.42 Å². The monoisotopic (exact) mass is 270 g/mol. The summed E-state index contributed by atoms with van der Waals surface area (Å²) in [7, 11) is 0. The number of carbonyl (C=O) groups is 2. The minimum absolute atomic E-state index is 0.107. The van der Waals surface area contributed by atoms with Crippen molar-refractivity contribution in [2.45, 2.75) is 25.9 Å². The maximum absolute atomic E-state index is 11.4. The molecule has 98 valence electrons. The third kappa shape index (κ3) is 5.54. The molecule has 0 aromatic heterocycles. The minimum atomic E-state index is -0.947. The number of halogens is 1. The van der Waals surface area contributed by atoms with Crippen LogP contribution in [0.3, 0.4) is 0 Å². The Balaban J connectivity index is 2.35. The van der Waals surface area contributed by atoms with E-state index in [4.69, 9.17) is 16.7 Å². The number of nitrogens with one attached hydrogen (secondary N) is 2. The maximum Gasteiger partial charge on any atom is 0.315 e. The van der Waals surface area contributed by atoms with Gasteiger partial charge in [-0.2, -0.15) is 0 Å². The first-order valence-corrected chi connectivity index (χ1v) is 5.86. The van der Waals surface area contributed by atoms with E-state index in [1.54, 1.807) is 25.1 Å². The summed E-state index contributed by atoms with van der Waals surface area (Å²) in [6, 6.07) is 6.32. The molecule has 0 aliphatic heterocycles. The lowest BCUT2D eigenvalue weighted by Crippen LogP contribution is -2.41. The molecule has 6 heteroatoms. The third-order valence-electron chi connectivity index (χ3n) is 2.20. The Morgan fingerprint density at radius 1 is 1.44 bits per heavy atom. The average Bonchev–Trinajstić information content (AvgIpc) is 2.25. The topological polar surface area (TPSA) is 78.4 Å². The largest absolute Gasteiger partial charge is 0.481 e. The zero-order chi connectivity index (χ0) is 13.5. The molecule has 0 saturated carbocycles. The first-order valence-electron chi connectivity index (χ1n) is 5.48. The molecule has 0 radical (unpaired) electrons. The van der Waals surface area contributed by atoms with E-state index >= 15 is 0 Å². The number of amides is 2. The van der Waals surface area contributed by atoms with Crippen LogP contribution in [0.5, 0.6) is 0 Å². The fourth-order valence-corrected chi connectivity index (χ4v) is 1.63. The van der Waals surface area contributed by atoms with E-state index < -0.39 is 18.0 Å². The van der Waals surface area contributed by atoms with Crippen molar-refractivity contribution in [2.75, 3.05) is 0 Å². The highest BCUT2D eigenvalue weighted by molar-refractivity contribution is 6.30. The Labute approximate surface area is 110 Å². The van der Waals surface area contributed by atoms with Gasteiger partial charge in [0.1, 0.15) is 0 Å². The summed E-state index contributed by atoms with van der Waals surface area (Å²) in [6.45, 7) is 1.97. The summed E-state index contributed by atoms with van der Waals surface area (Å²) in [4.78, 5) is 21.9. The zero-order valence-electron chi connectivity index (χ0n) is 9.94. The van der Waals surface area contributed by atoms with Gasteiger partial charge in [-0.1, -0.05) is 23.7 Å². The summed E-state index contributed by atoms with van der Waals surface area (Å²) in [5, 5.41) is 14.3. The predicted molar refractivity (Wildman–Crippen MR) is 68.5 cm³/mol. The number of carboxylic acid groups (broad SMARTS) is 1. The quantitative estimate of drug-likeness (QED) is 0.766. The van der Waals surface area contributed by atoms with E-state index in [2.05, 4.69) is 10.6 Å². The molecule has 0 aliphatic carbocycles. The fourth-order valence-electron chi connectivity index (χ4n) is 1.42. The number of hydrogen-bond acceptors (Lipinski definition) is 2. The Morgan fingerprint density at radius 3 is 2.78 bits per heavy atom. The molecule has 5 nitrogen and oxygen atoms in total. The molecule has 0 aliphatic rings. The Hall–Kier alpha value is -1.75. The van der Waals surface area contributed by atoms with Gasteiger partial charge in [0.05, 0.1) is 6.42 Å². The van der Waals surface area contributed by atoms with Crippen molar-refractivity contribution in [1.82, 2.24) is 10.6 Å². The summed E-state index contributed by atoms with van der Waals surface area (Å²) in [5.41, 5.74) is 0.878. The summed E-state index contributed by atoms with van der Waals surface area (Å²) >= 11 is 5.81. The van der Waals surface area contributed by atoms with Gasteiger partial charge in [0.15, 0.2) is 0 Å². The van der Waals surface area contributed by atoms with Gasteiger partial charge >= 0.3 is 12.0 Å². The number of rotatable bonds is 5. The van der Waals surface area contributed by atoms with Crippen molar-refractivity contribution in [1.29, 1.82) is 0 Å². The van der Waals surface area contributed by atoms with Crippen molar-refractivity contribution in [2.24, 2.45) is 0 Å². The van der Waals surface area contributed by atoms with Crippen LogP contribution in [0, 0.1) is 0 Å². The molecule has 3 N–H and O–H groups in total. The smallest absolute Gasteiger partial charge is 0.315 e. The van der Waals surface area contributed by atoms with Gasteiger partial charge < -0.3 is 15.7 Å². The molecular formula is C12H15ClN2O3.